The highest BCUT2D eigenvalue weighted by molar-refractivity contribution is 5.78. The van der Waals surface area contributed by atoms with Gasteiger partial charge in [-0.3, -0.25) is 4.79 Å². The van der Waals surface area contributed by atoms with E-state index in [4.69, 9.17) is 5.11 Å². The fraction of sp³-hybridized carbons (Fsp3) is 0.867. The van der Waals surface area contributed by atoms with Gasteiger partial charge in [-0.05, 0) is 31.6 Å². The topological polar surface area (TPSA) is 89.9 Å². The third-order valence-corrected chi connectivity index (χ3v) is 4.95. The highest BCUT2D eigenvalue weighted by atomic mass is 16.4. The van der Waals surface area contributed by atoms with Gasteiger partial charge in [0.25, 0.3) is 0 Å². The van der Waals surface area contributed by atoms with Crippen molar-refractivity contribution in [2.75, 3.05) is 26.2 Å². The van der Waals surface area contributed by atoms with Crippen LogP contribution in [0, 0.1) is 11.3 Å². The third-order valence-electron chi connectivity index (χ3n) is 4.95. The van der Waals surface area contributed by atoms with E-state index in [-0.39, 0.29) is 19.2 Å². The van der Waals surface area contributed by atoms with E-state index < -0.39 is 11.4 Å². The SMILES string of the molecule is O=C(NCC1(C(=O)O)CCCCC1)N1CCC(CCO)C1. The summed E-state index contributed by atoms with van der Waals surface area (Å²) in [4.78, 5) is 25.5. The summed E-state index contributed by atoms with van der Waals surface area (Å²) in [6.07, 6.45) is 5.86. The van der Waals surface area contributed by atoms with Gasteiger partial charge >= 0.3 is 12.0 Å². The zero-order chi connectivity index (χ0) is 15.3. The van der Waals surface area contributed by atoms with E-state index in [2.05, 4.69) is 5.32 Å². The van der Waals surface area contributed by atoms with Crippen molar-refractivity contribution in [3.63, 3.8) is 0 Å². The van der Waals surface area contributed by atoms with Crippen molar-refractivity contribution < 1.29 is 19.8 Å². The van der Waals surface area contributed by atoms with Gasteiger partial charge < -0.3 is 20.4 Å². The quantitative estimate of drug-likeness (QED) is 0.716. The number of aliphatic hydroxyl groups excluding tert-OH is 1. The lowest BCUT2D eigenvalue weighted by molar-refractivity contribution is -0.150. The molecule has 1 unspecified atom stereocenters. The lowest BCUT2D eigenvalue weighted by Crippen LogP contribution is -2.48. The molecule has 0 bridgehead atoms. The predicted molar refractivity (Wildman–Crippen MR) is 77.9 cm³/mol. The number of likely N-dealkylation sites (tertiary alicyclic amines) is 1. The van der Waals surface area contributed by atoms with Gasteiger partial charge in [0.2, 0.25) is 0 Å². The van der Waals surface area contributed by atoms with Crippen LogP contribution in [0.5, 0.6) is 0 Å². The Balaban J connectivity index is 1.84. The standard InChI is InChI=1S/C15H26N2O4/c18-9-5-12-4-8-17(10-12)14(21)16-11-15(13(19)20)6-2-1-3-7-15/h12,18H,1-11H2,(H,16,21)(H,19,20). The summed E-state index contributed by atoms with van der Waals surface area (Å²) in [6.45, 7) is 1.73. The lowest BCUT2D eigenvalue weighted by atomic mass is 9.74. The molecule has 1 aliphatic carbocycles. The molecule has 1 heterocycles. The number of aliphatic carboxylic acids is 1. The summed E-state index contributed by atoms with van der Waals surface area (Å²) in [5.41, 5.74) is -0.780. The molecule has 0 aromatic heterocycles. The fourth-order valence-electron chi connectivity index (χ4n) is 3.49. The van der Waals surface area contributed by atoms with Crippen LogP contribution in [0.1, 0.15) is 44.9 Å². The summed E-state index contributed by atoms with van der Waals surface area (Å²) < 4.78 is 0. The molecule has 0 radical (unpaired) electrons. The second-order valence-corrected chi connectivity index (χ2v) is 6.42. The molecule has 6 nitrogen and oxygen atoms in total. The van der Waals surface area contributed by atoms with Crippen LogP contribution in [-0.4, -0.2) is 53.4 Å². The Kier molecular flexibility index (Phi) is 5.45. The van der Waals surface area contributed by atoms with Crippen LogP contribution in [0.25, 0.3) is 0 Å². The van der Waals surface area contributed by atoms with Gasteiger partial charge in [0.05, 0.1) is 5.41 Å². The van der Waals surface area contributed by atoms with Gasteiger partial charge in [-0.25, -0.2) is 4.79 Å². The Morgan fingerprint density at radius 1 is 1.24 bits per heavy atom. The van der Waals surface area contributed by atoms with Gasteiger partial charge in [0.15, 0.2) is 0 Å². The largest absolute Gasteiger partial charge is 0.481 e. The average Bonchev–Trinajstić information content (AvgIpc) is 2.95. The van der Waals surface area contributed by atoms with Crippen molar-refractivity contribution in [1.29, 1.82) is 0 Å². The molecule has 0 spiro atoms. The summed E-state index contributed by atoms with van der Waals surface area (Å²) in [7, 11) is 0. The Hall–Kier alpha value is -1.30. The first kappa shape index (κ1) is 16.1. The molecular weight excluding hydrogens is 272 g/mol. The monoisotopic (exact) mass is 298 g/mol. The molecule has 120 valence electrons. The van der Waals surface area contributed by atoms with Gasteiger partial charge in [-0.2, -0.15) is 0 Å². The Labute approximate surface area is 125 Å². The maximum atomic E-state index is 12.2. The number of nitrogens with one attached hydrogen (secondary N) is 1. The van der Waals surface area contributed by atoms with Crippen LogP contribution >= 0.6 is 0 Å². The van der Waals surface area contributed by atoms with Gasteiger partial charge in [-0.1, -0.05) is 19.3 Å². The van der Waals surface area contributed by atoms with E-state index in [9.17, 15) is 14.7 Å². The van der Waals surface area contributed by atoms with E-state index >= 15 is 0 Å². The number of carbonyl (C=O) groups excluding carboxylic acids is 1. The van der Waals surface area contributed by atoms with Gasteiger partial charge in [-0.15, -0.1) is 0 Å². The second-order valence-electron chi connectivity index (χ2n) is 6.42. The summed E-state index contributed by atoms with van der Waals surface area (Å²) >= 11 is 0. The van der Waals surface area contributed by atoms with Gasteiger partial charge in [0.1, 0.15) is 0 Å². The van der Waals surface area contributed by atoms with E-state index in [0.717, 1.165) is 32.1 Å². The first-order valence-electron chi connectivity index (χ1n) is 7.94. The molecule has 1 atom stereocenters. The van der Waals surface area contributed by atoms with Crippen LogP contribution in [0.3, 0.4) is 0 Å². The number of urea groups is 1. The zero-order valence-corrected chi connectivity index (χ0v) is 12.5. The smallest absolute Gasteiger partial charge is 0.317 e. The number of carboxylic acid groups (broad SMARTS) is 1. The van der Waals surface area contributed by atoms with Crippen molar-refractivity contribution in [2.24, 2.45) is 11.3 Å². The highest BCUT2D eigenvalue weighted by Crippen LogP contribution is 2.36. The molecular formula is C15H26N2O4. The van der Waals surface area contributed by atoms with E-state index in [1.54, 1.807) is 4.90 Å². The fourth-order valence-corrected chi connectivity index (χ4v) is 3.49. The molecule has 6 heteroatoms. The van der Waals surface area contributed by atoms with Crippen LogP contribution in [0.15, 0.2) is 0 Å². The van der Waals surface area contributed by atoms with E-state index in [1.807, 2.05) is 0 Å². The molecule has 0 aromatic carbocycles. The number of carbonyl (C=O) groups is 2. The summed E-state index contributed by atoms with van der Waals surface area (Å²) in [5, 5.41) is 21.2. The highest BCUT2D eigenvalue weighted by Gasteiger charge is 2.40. The Morgan fingerprint density at radius 2 is 1.95 bits per heavy atom. The maximum absolute atomic E-state index is 12.2. The lowest BCUT2D eigenvalue weighted by Gasteiger charge is -2.33. The summed E-state index contributed by atoms with van der Waals surface area (Å²) in [6, 6.07) is -0.165. The van der Waals surface area contributed by atoms with Crippen molar-refractivity contribution in [2.45, 2.75) is 44.9 Å². The molecule has 1 aliphatic heterocycles. The molecule has 2 aliphatic rings. The molecule has 21 heavy (non-hydrogen) atoms. The van der Waals surface area contributed by atoms with Crippen LogP contribution in [0.2, 0.25) is 0 Å². The second kappa shape index (κ2) is 7.11. The number of rotatable bonds is 5. The molecule has 1 saturated carbocycles. The molecule has 1 saturated heterocycles. The molecule has 2 fully saturated rings. The van der Waals surface area contributed by atoms with E-state index in [1.165, 1.54) is 0 Å². The number of carboxylic acids is 1. The number of hydrogen-bond donors (Lipinski definition) is 3. The van der Waals surface area contributed by atoms with Crippen LogP contribution in [0.4, 0.5) is 4.79 Å². The van der Waals surface area contributed by atoms with Gasteiger partial charge in [0, 0.05) is 26.2 Å². The van der Waals surface area contributed by atoms with Crippen molar-refractivity contribution in [3.05, 3.63) is 0 Å². The number of nitrogens with zero attached hydrogens (tertiary/aromatic N) is 1. The first-order chi connectivity index (χ1) is 10.1. The molecule has 2 amide bonds. The van der Waals surface area contributed by atoms with Crippen LogP contribution < -0.4 is 5.32 Å². The minimum atomic E-state index is -0.790. The van der Waals surface area contributed by atoms with Crippen molar-refractivity contribution >= 4 is 12.0 Å². The number of amides is 2. The zero-order valence-electron chi connectivity index (χ0n) is 12.5. The minimum Gasteiger partial charge on any atom is -0.481 e. The normalized spacial score (nSPS) is 24.8. The summed E-state index contributed by atoms with van der Waals surface area (Å²) in [5.74, 6) is -0.425. The van der Waals surface area contributed by atoms with Crippen molar-refractivity contribution in [3.8, 4) is 0 Å². The van der Waals surface area contributed by atoms with E-state index in [0.29, 0.717) is 31.8 Å². The molecule has 3 N–H and O–H groups in total. The van der Waals surface area contributed by atoms with Crippen LogP contribution in [-0.2, 0) is 4.79 Å². The third kappa shape index (κ3) is 3.87. The predicted octanol–water partition coefficient (Wildman–Crippen LogP) is 1.44. The first-order valence-corrected chi connectivity index (χ1v) is 7.94. The molecule has 0 aromatic rings. The molecule has 2 rings (SSSR count). The Bertz CT molecular complexity index is 380. The minimum absolute atomic E-state index is 0.155. The average molecular weight is 298 g/mol. The number of aliphatic hydroxyl groups is 1. The number of hydrogen-bond acceptors (Lipinski definition) is 3. The van der Waals surface area contributed by atoms with Crippen molar-refractivity contribution in [1.82, 2.24) is 10.2 Å². The Morgan fingerprint density at radius 3 is 2.57 bits per heavy atom. The maximum Gasteiger partial charge on any atom is 0.317 e.